The van der Waals surface area contributed by atoms with Crippen molar-refractivity contribution < 1.29 is 14.7 Å². The van der Waals surface area contributed by atoms with Crippen LogP contribution in [0, 0.1) is 0 Å². The quantitative estimate of drug-likeness (QED) is 0.748. The number of rotatable bonds is 8. The maximum atomic E-state index is 11.8. The van der Waals surface area contributed by atoms with Gasteiger partial charge < -0.3 is 10.4 Å². The molecule has 98 valence electrons. The van der Waals surface area contributed by atoms with Crippen LogP contribution in [0.2, 0.25) is 0 Å². The molecule has 0 aliphatic rings. The Bertz CT molecular complexity index is 394. The summed E-state index contributed by atoms with van der Waals surface area (Å²) in [6.45, 7) is 0. The summed E-state index contributed by atoms with van der Waals surface area (Å²) in [7, 11) is 1.60. The standard InChI is InChI=1S/C13H17NO3S/c1-14-11(7-13(16)17)12(15)9-18-8-10-5-3-2-4-6-10/h2-6,11,14H,7-9H2,1H3,(H,16,17)/t11-/m0/s1. The zero-order valence-electron chi connectivity index (χ0n) is 10.3. The zero-order chi connectivity index (χ0) is 13.4. The van der Waals surface area contributed by atoms with E-state index in [0.717, 1.165) is 11.3 Å². The second-order valence-corrected chi connectivity index (χ2v) is 4.87. The van der Waals surface area contributed by atoms with E-state index in [1.165, 1.54) is 11.8 Å². The van der Waals surface area contributed by atoms with Gasteiger partial charge in [0, 0.05) is 5.75 Å². The van der Waals surface area contributed by atoms with Crippen LogP contribution in [0.1, 0.15) is 12.0 Å². The van der Waals surface area contributed by atoms with Crippen molar-refractivity contribution in [2.75, 3.05) is 12.8 Å². The van der Waals surface area contributed by atoms with Crippen molar-refractivity contribution in [3.8, 4) is 0 Å². The molecule has 4 nitrogen and oxygen atoms in total. The Balaban J connectivity index is 2.34. The molecule has 0 aliphatic carbocycles. The Labute approximate surface area is 111 Å². The molecule has 1 rings (SSSR count). The van der Waals surface area contributed by atoms with Crippen molar-refractivity contribution in [1.82, 2.24) is 5.32 Å². The largest absolute Gasteiger partial charge is 0.481 e. The average Bonchev–Trinajstić information content (AvgIpc) is 2.36. The summed E-state index contributed by atoms with van der Waals surface area (Å²) in [5, 5.41) is 11.4. The van der Waals surface area contributed by atoms with Crippen LogP contribution in [0.15, 0.2) is 30.3 Å². The Kier molecular flexibility index (Phi) is 6.46. The first-order chi connectivity index (χ1) is 8.63. The van der Waals surface area contributed by atoms with E-state index >= 15 is 0 Å². The van der Waals surface area contributed by atoms with Crippen LogP contribution in [-0.4, -0.2) is 35.7 Å². The summed E-state index contributed by atoms with van der Waals surface area (Å²) in [4.78, 5) is 22.3. The molecule has 1 aromatic carbocycles. The first-order valence-electron chi connectivity index (χ1n) is 5.67. The second-order valence-electron chi connectivity index (χ2n) is 3.88. The minimum Gasteiger partial charge on any atom is -0.481 e. The van der Waals surface area contributed by atoms with Gasteiger partial charge >= 0.3 is 5.97 Å². The molecule has 0 spiro atoms. The first-order valence-corrected chi connectivity index (χ1v) is 6.82. The number of carboxylic acid groups (broad SMARTS) is 1. The van der Waals surface area contributed by atoms with E-state index in [9.17, 15) is 9.59 Å². The Morgan fingerprint density at radius 3 is 2.56 bits per heavy atom. The van der Waals surface area contributed by atoms with Gasteiger partial charge in [0.25, 0.3) is 0 Å². The number of nitrogens with one attached hydrogen (secondary N) is 1. The SMILES string of the molecule is CN[C@@H](CC(=O)O)C(=O)CSCc1ccccc1. The van der Waals surface area contributed by atoms with Gasteiger partial charge in [-0.05, 0) is 12.6 Å². The summed E-state index contributed by atoms with van der Waals surface area (Å²) in [6, 6.07) is 9.28. The number of hydrogen-bond acceptors (Lipinski definition) is 4. The number of aliphatic carboxylic acids is 1. The molecular weight excluding hydrogens is 250 g/mol. The third-order valence-electron chi connectivity index (χ3n) is 2.47. The lowest BCUT2D eigenvalue weighted by Crippen LogP contribution is -2.37. The number of benzene rings is 1. The van der Waals surface area contributed by atoms with Gasteiger partial charge in [0.15, 0.2) is 5.78 Å². The molecule has 0 bridgehead atoms. The molecule has 0 saturated heterocycles. The highest BCUT2D eigenvalue weighted by atomic mass is 32.2. The van der Waals surface area contributed by atoms with E-state index < -0.39 is 12.0 Å². The van der Waals surface area contributed by atoms with Gasteiger partial charge in [-0.25, -0.2) is 0 Å². The number of Topliss-reactive ketones (excluding diaryl/α,β-unsaturated/α-hetero) is 1. The van der Waals surface area contributed by atoms with Crippen LogP contribution >= 0.6 is 11.8 Å². The molecule has 0 radical (unpaired) electrons. The summed E-state index contributed by atoms with van der Waals surface area (Å²) >= 11 is 1.50. The number of ketones is 1. The monoisotopic (exact) mass is 267 g/mol. The van der Waals surface area contributed by atoms with Gasteiger partial charge in [0.2, 0.25) is 0 Å². The highest BCUT2D eigenvalue weighted by molar-refractivity contribution is 7.99. The van der Waals surface area contributed by atoms with E-state index in [0.29, 0.717) is 5.75 Å². The van der Waals surface area contributed by atoms with Crippen molar-refractivity contribution in [1.29, 1.82) is 0 Å². The smallest absolute Gasteiger partial charge is 0.305 e. The molecule has 0 unspecified atom stereocenters. The Morgan fingerprint density at radius 1 is 1.33 bits per heavy atom. The fourth-order valence-corrected chi connectivity index (χ4v) is 2.43. The maximum absolute atomic E-state index is 11.8. The van der Waals surface area contributed by atoms with Crippen LogP contribution < -0.4 is 5.32 Å². The zero-order valence-corrected chi connectivity index (χ0v) is 11.1. The highest BCUT2D eigenvalue weighted by Gasteiger charge is 2.19. The molecule has 1 aromatic rings. The summed E-state index contributed by atoms with van der Waals surface area (Å²) in [6.07, 6.45) is -0.165. The van der Waals surface area contributed by atoms with E-state index in [-0.39, 0.29) is 12.2 Å². The second kappa shape index (κ2) is 7.89. The van der Waals surface area contributed by atoms with Gasteiger partial charge in [-0.2, -0.15) is 0 Å². The highest BCUT2D eigenvalue weighted by Crippen LogP contribution is 2.12. The third kappa shape index (κ3) is 5.33. The molecule has 2 N–H and O–H groups in total. The lowest BCUT2D eigenvalue weighted by Gasteiger charge is -2.12. The number of hydrogen-bond donors (Lipinski definition) is 2. The first kappa shape index (κ1) is 14.7. The fourth-order valence-electron chi connectivity index (χ4n) is 1.50. The lowest BCUT2D eigenvalue weighted by atomic mass is 10.1. The van der Waals surface area contributed by atoms with Crippen LogP contribution in [0.25, 0.3) is 0 Å². The number of thioether (sulfide) groups is 1. The summed E-state index contributed by atoms with van der Waals surface area (Å²) in [5.74, 6) is 0.0561. The molecular formula is C13H17NO3S. The molecule has 0 fully saturated rings. The molecule has 1 atom stereocenters. The van der Waals surface area contributed by atoms with Crippen LogP contribution in [0.4, 0.5) is 0 Å². The van der Waals surface area contributed by atoms with Crippen molar-refractivity contribution in [3.63, 3.8) is 0 Å². The Morgan fingerprint density at radius 2 is 2.00 bits per heavy atom. The van der Waals surface area contributed by atoms with E-state index in [4.69, 9.17) is 5.11 Å². The average molecular weight is 267 g/mol. The maximum Gasteiger partial charge on any atom is 0.305 e. The van der Waals surface area contributed by atoms with Gasteiger partial charge in [-0.15, -0.1) is 11.8 Å². The molecule has 5 heteroatoms. The van der Waals surface area contributed by atoms with Gasteiger partial charge in [-0.3, -0.25) is 9.59 Å². The van der Waals surface area contributed by atoms with Crippen LogP contribution in [0.3, 0.4) is 0 Å². The molecule has 0 aromatic heterocycles. The minimum absolute atomic E-state index is 0.0687. The number of carbonyl (C=O) groups excluding carboxylic acids is 1. The number of likely N-dealkylation sites (N-methyl/N-ethyl adjacent to an activating group) is 1. The van der Waals surface area contributed by atoms with Crippen LogP contribution in [0.5, 0.6) is 0 Å². The van der Waals surface area contributed by atoms with Crippen molar-refractivity contribution in [2.45, 2.75) is 18.2 Å². The van der Waals surface area contributed by atoms with Crippen LogP contribution in [-0.2, 0) is 15.3 Å². The summed E-state index contributed by atoms with van der Waals surface area (Å²) < 4.78 is 0. The predicted molar refractivity (Wildman–Crippen MR) is 72.7 cm³/mol. The van der Waals surface area contributed by atoms with Gasteiger partial charge in [0.1, 0.15) is 0 Å². The van der Waals surface area contributed by atoms with Crippen molar-refractivity contribution in [3.05, 3.63) is 35.9 Å². The molecule has 0 aliphatic heterocycles. The third-order valence-corrected chi connectivity index (χ3v) is 3.50. The minimum atomic E-state index is -0.962. The van der Waals surface area contributed by atoms with Crippen molar-refractivity contribution >= 4 is 23.5 Å². The Hall–Kier alpha value is -1.33. The fraction of sp³-hybridized carbons (Fsp3) is 0.385. The number of carbonyl (C=O) groups is 2. The topological polar surface area (TPSA) is 66.4 Å². The lowest BCUT2D eigenvalue weighted by molar-refractivity contribution is -0.139. The van der Waals surface area contributed by atoms with E-state index in [2.05, 4.69) is 5.32 Å². The van der Waals surface area contributed by atoms with E-state index in [1.54, 1.807) is 7.05 Å². The molecule has 0 heterocycles. The van der Waals surface area contributed by atoms with Gasteiger partial charge in [0.05, 0.1) is 18.2 Å². The normalized spacial score (nSPS) is 12.1. The van der Waals surface area contributed by atoms with Gasteiger partial charge in [-0.1, -0.05) is 30.3 Å². The predicted octanol–water partition coefficient (Wildman–Crippen LogP) is 1.55. The van der Waals surface area contributed by atoms with E-state index in [1.807, 2.05) is 30.3 Å². The number of carboxylic acids is 1. The molecule has 18 heavy (non-hydrogen) atoms. The van der Waals surface area contributed by atoms with Crippen molar-refractivity contribution in [2.24, 2.45) is 0 Å². The molecule has 0 amide bonds. The summed E-state index contributed by atoms with van der Waals surface area (Å²) in [5.41, 5.74) is 1.16. The molecule has 0 saturated carbocycles.